The number of benzene rings is 2. The van der Waals surface area contributed by atoms with E-state index in [1.165, 1.54) is 11.8 Å². The maximum absolute atomic E-state index is 13.1. The Morgan fingerprint density at radius 3 is 2.61 bits per heavy atom. The van der Waals surface area contributed by atoms with E-state index in [1.54, 1.807) is 12.0 Å². The SMILES string of the molecule is COCCn1c(SCC(=O)N(CCC(N)=O)Cc2ccccc2)nnc1-c1cccc(C)c1. The summed E-state index contributed by atoms with van der Waals surface area (Å²) < 4.78 is 7.24. The molecule has 3 aromatic rings. The van der Waals surface area contributed by atoms with Crippen LogP contribution in [0.2, 0.25) is 0 Å². The third-order valence-electron chi connectivity index (χ3n) is 5.03. The fourth-order valence-electron chi connectivity index (χ4n) is 3.34. The lowest BCUT2D eigenvalue weighted by Gasteiger charge is -2.22. The summed E-state index contributed by atoms with van der Waals surface area (Å²) in [6, 6.07) is 17.7. The van der Waals surface area contributed by atoms with Gasteiger partial charge in [-0.05, 0) is 18.6 Å². The van der Waals surface area contributed by atoms with Gasteiger partial charge in [0.15, 0.2) is 11.0 Å². The van der Waals surface area contributed by atoms with Crippen LogP contribution in [0.1, 0.15) is 17.5 Å². The highest BCUT2D eigenvalue weighted by molar-refractivity contribution is 7.99. The Morgan fingerprint density at radius 2 is 1.91 bits per heavy atom. The van der Waals surface area contributed by atoms with E-state index in [9.17, 15) is 9.59 Å². The van der Waals surface area contributed by atoms with E-state index in [4.69, 9.17) is 10.5 Å². The molecule has 0 aliphatic carbocycles. The molecule has 0 spiro atoms. The number of amides is 2. The quantitative estimate of drug-likeness (QED) is 0.411. The third kappa shape index (κ3) is 7.16. The minimum Gasteiger partial charge on any atom is -0.383 e. The molecule has 0 aliphatic rings. The molecule has 1 aromatic heterocycles. The molecule has 8 nitrogen and oxygen atoms in total. The standard InChI is InChI=1S/C24H29N5O3S/c1-18-7-6-10-20(15-18)23-26-27-24(29(23)13-14-32-2)33-17-22(31)28(12-11-21(25)30)16-19-8-4-3-5-9-19/h3-10,15H,11-14,16-17H2,1-2H3,(H2,25,30). The number of ether oxygens (including phenoxy) is 1. The van der Waals surface area contributed by atoms with Crippen LogP contribution in [0.15, 0.2) is 59.8 Å². The number of thioether (sulfide) groups is 1. The highest BCUT2D eigenvalue weighted by Crippen LogP contribution is 2.25. The minimum atomic E-state index is -0.435. The van der Waals surface area contributed by atoms with Crippen LogP contribution in [0, 0.1) is 6.92 Å². The van der Waals surface area contributed by atoms with Crippen LogP contribution in [0.4, 0.5) is 0 Å². The van der Waals surface area contributed by atoms with Crippen molar-refractivity contribution in [2.24, 2.45) is 5.73 Å². The Hall–Kier alpha value is -3.17. The predicted molar refractivity (Wildman–Crippen MR) is 128 cm³/mol. The molecular formula is C24H29N5O3S. The first-order valence-electron chi connectivity index (χ1n) is 10.7. The van der Waals surface area contributed by atoms with E-state index in [-0.39, 0.29) is 24.6 Å². The van der Waals surface area contributed by atoms with Crippen LogP contribution in [-0.2, 0) is 27.4 Å². The maximum atomic E-state index is 13.1. The van der Waals surface area contributed by atoms with Gasteiger partial charge in [0, 0.05) is 32.2 Å². The first-order chi connectivity index (χ1) is 16.0. The van der Waals surface area contributed by atoms with Crippen molar-refractivity contribution in [2.45, 2.75) is 31.6 Å². The number of rotatable bonds is 12. The van der Waals surface area contributed by atoms with Gasteiger partial charge in [0.2, 0.25) is 11.8 Å². The number of nitrogens with zero attached hydrogens (tertiary/aromatic N) is 4. The zero-order valence-corrected chi connectivity index (χ0v) is 19.8. The fraction of sp³-hybridized carbons (Fsp3) is 0.333. The zero-order valence-electron chi connectivity index (χ0n) is 18.9. The van der Waals surface area contributed by atoms with Gasteiger partial charge in [0.25, 0.3) is 0 Å². The molecular weight excluding hydrogens is 438 g/mol. The van der Waals surface area contributed by atoms with Gasteiger partial charge in [-0.1, -0.05) is 65.9 Å². The molecule has 3 rings (SSSR count). The van der Waals surface area contributed by atoms with Crippen molar-refractivity contribution >= 4 is 23.6 Å². The molecule has 0 unspecified atom stereocenters. The third-order valence-corrected chi connectivity index (χ3v) is 5.99. The van der Waals surface area contributed by atoms with Gasteiger partial charge < -0.3 is 15.4 Å². The molecule has 33 heavy (non-hydrogen) atoms. The van der Waals surface area contributed by atoms with E-state index in [1.807, 2.05) is 60.0 Å². The molecule has 2 amide bonds. The summed E-state index contributed by atoms with van der Waals surface area (Å²) in [7, 11) is 1.65. The number of aryl methyl sites for hydroxylation is 1. The molecule has 0 radical (unpaired) electrons. The van der Waals surface area contributed by atoms with E-state index in [2.05, 4.69) is 16.3 Å². The lowest BCUT2D eigenvalue weighted by atomic mass is 10.1. The van der Waals surface area contributed by atoms with Crippen LogP contribution in [-0.4, -0.2) is 57.5 Å². The van der Waals surface area contributed by atoms with Crippen molar-refractivity contribution < 1.29 is 14.3 Å². The molecule has 0 fully saturated rings. The van der Waals surface area contributed by atoms with Gasteiger partial charge in [0.1, 0.15) is 0 Å². The number of primary amides is 1. The number of carbonyl (C=O) groups excluding carboxylic acids is 2. The van der Waals surface area contributed by atoms with E-state index in [0.29, 0.717) is 24.9 Å². The summed E-state index contributed by atoms with van der Waals surface area (Å²) in [5, 5.41) is 9.37. The fourth-order valence-corrected chi connectivity index (χ4v) is 4.20. The Kier molecular flexibility index (Phi) is 9.03. The number of nitrogens with two attached hydrogens (primary N) is 1. The largest absolute Gasteiger partial charge is 0.383 e. The monoisotopic (exact) mass is 467 g/mol. The Balaban J connectivity index is 1.75. The molecule has 174 valence electrons. The van der Waals surface area contributed by atoms with Crippen LogP contribution < -0.4 is 5.73 Å². The van der Waals surface area contributed by atoms with Gasteiger partial charge in [-0.15, -0.1) is 10.2 Å². The first kappa shape index (κ1) is 24.5. The Morgan fingerprint density at radius 1 is 1.12 bits per heavy atom. The molecule has 0 saturated heterocycles. The highest BCUT2D eigenvalue weighted by Gasteiger charge is 2.19. The number of hydrogen-bond donors (Lipinski definition) is 1. The number of methoxy groups -OCH3 is 1. The van der Waals surface area contributed by atoms with Crippen LogP contribution in [0.3, 0.4) is 0 Å². The van der Waals surface area contributed by atoms with Crippen molar-refractivity contribution in [3.05, 3.63) is 65.7 Å². The maximum Gasteiger partial charge on any atom is 0.233 e. The zero-order chi connectivity index (χ0) is 23.6. The molecule has 2 aromatic carbocycles. The van der Waals surface area contributed by atoms with E-state index < -0.39 is 5.91 Å². The second-order valence-corrected chi connectivity index (χ2v) is 8.57. The normalized spacial score (nSPS) is 10.8. The van der Waals surface area contributed by atoms with Crippen LogP contribution in [0.5, 0.6) is 0 Å². The summed E-state index contributed by atoms with van der Waals surface area (Å²) in [4.78, 5) is 26.0. The Labute approximate surface area is 198 Å². The minimum absolute atomic E-state index is 0.0940. The lowest BCUT2D eigenvalue weighted by Crippen LogP contribution is -2.34. The Bertz CT molecular complexity index is 1070. The molecule has 2 N–H and O–H groups in total. The average molecular weight is 468 g/mol. The van der Waals surface area contributed by atoms with Crippen molar-refractivity contribution in [1.29, 1.82) is 0 Å². The van der Waals surface area contributed by atoms with E-state index >= 15 is 0 Å². The van der Waals surface area contributed by atoms with Crippen molar-refractivity contribution in [1.82, 2.24) is 19.7 Å². The highest BCUT2D eigenvalue weighted by atomic mass is 32.2. The average Bonchev–Trinajstić information content (AvgIpc) is 3.22. The van der Waals surface area contributed by atoms with Crippen LogP contribution in [0.25, 0.3) is 11.4 Å². The van der Waals surface area contributed by atoms with Gasteiger partial charge in [-0.2, -0.15) is 0 Å². The van der Waals surface area contributed by atoms with Crippen molar-refractivity contribution in [3.8, 4) is 11.4 Å². The van der Waals surface area contributed by atoms with Gasteiger partial charge >= 0.3 is 0 Å². The molecule has 0 aliphatic heterocycles. The summed E-state index contributed by atoms with van der Waals surface area (Å²) >= 11 is 1.32. The number of hydrogen-bond acceptors (Lipinski definition) is 6. The predicted octanol–water partition coefficient (Wildman–Crippen LogP) is 2.90. The number of aromatic nitrogens is 3. The molecule has 1 heterocycles. The topological polar surface area (TPSA) is 103 Å². The van der Waals surface area contributed by atoms with Gasteiger partial charge in [-0.3, -0.25) is 14.2 Å². The molecule has 0 atom stereocenters. The second-order valence-electron chi connectivity index (χ2n) is 7.63. The van der Waals surface area contributed by atoms with Crippen molar-refractivity contribution in [3.63, 3.8) is 0 Å². The van der Waals surface area contributed by atoms with Crippen molar-refractivity contribution in [2.75, 3.05) is 26.0 Å². The summed E-state index contributed by atoms with van der Waals surface area (Å²) in [6.45, 7) is 3.78. The summed E-state index contributed by atoms with van der Waals surface area (Å²) in [6.07, 6.45) is 0.116. The van der Waals surface area contributed by atoms with Crippen LogP contribution >= 0.6 is 11.8 Å². The molecule has 9 heteroatoms. The smallest absolute Gasteiger partial charge is 0.233 e. The lowest BCUT2D eigenvalue weighted by molar-refractivity contribution is -0.129. The number of carbonyl (C=O) groups is 2. The summed E-state index contributed by atoms with van der Waals surface area (Å²) in [5.74, 6) is 0.379. The second kappa shape index (κ2) is 12.2. The summed E-state index contributed by atoms with van der Waals surface area (Å²) in [5.41, 5.74) is 8.40. The molecule has 0 saturated carbocycles. The first-order valence-corrected chi connectivity index (χ1v) is 11.7. The van der Waals surface area contributed by atoms with Gasteiger partial charge in [-0.25, -0.2) is 0 Å². The van der Waals surface area contributed by atoms with Gasteiger partial charge in [0.05, 0.1) is 18.9 Å². The molecule has 0 bridgehead atoms. The van der Waals surface area contributed by atoms with E-state index in [0.717, 1.165) is 22.5 Å².